The largest absolute Gasteiger partial charge is 0.463 e. The third kappa shape index (κ3) is 3.60. The number of esters is 1. The van der Waals surface area contributed by atoms with Crippen molar-refractivity contribution in [3.8, 4) is 0 Å². The lowest BCUT2D eigenvalue weighted by Crippen LogP contribution is -2.28. The molecule has 0 saturated heterocycles. The van der Waals surface area contributed by atoms with E-state index in [-0.39, 0.29) is 6.29 Å². The minimum Gasteiger partial charge on any atom is -0.463 e. The van der Waals surface area contributed by atoms with Crippen LogP contribution in [0, 0.1) is 0 Å². The van der Waals surface area contributed by atoms with Crippen molar-refractivity contribution in [1.29, 1.82) is 0 Å². The van der Waals surface area contributed by atoms with Crippen LogP contribution in [-0.2, 0) is 19.1 Å². The second-order valence-corrected chi connectivity index (χ2v) is 2.99. The molecule has 1 rings (SSSR count). The van der Waals surface area contributed by atoms with E-state index in [4.69, 9.17) is 0 Å². The monoisotopic (exact) mass is 234 g/mol. The molecule has 0 N–H and O–H groups in total. The highest BCUT2D eigenvalue weighted by atomic mass is 16.5. The van der Waals surface area contributed by atoms with Gasteiger partial charge in [0.1, 0.15) is 0 Å². The van der Waals surface area contributed by atoms with Crippen LogP contribution in [0.25, 0.3) is 0 Å². The molecule has 0 radical (unpaired) electrons. The summed E-state index contributed by atoms with van der Waals surface area (Å²) in [6, 6.07) is 7.08. The molecule has 0 bridgehead atoms. The highest BCUT2D eigenvalue weighted by Gasteiger charge is 2.25. The number of nitrogens with zero attached hydrogens (tertiary/aromatic N) is 2. The predicted octanol–water partition coefficient (Wildman–Crippen LogP) is 1.08. The number of rotatable bonds is 5. The Morgan fingerprint density at radius 3 is 2.47 bits per heavy atom. The molecule has 0 aliphatic rings. The Bertz CT molecular complexity index is 442. The first-order valence-electron chi connectivity index (χ1n) is 4.72. The smallest absolute Gasteiger partial charge is 0.377 e. The number of methoxy groups -OCH3 is 1. The fourth-order valence-electron chi connectivity index (χ4n) is 0.986. The Morgan fingerprint density at radius 1 is 1.29 bits per heavy atom. The molecule has 0 aliphatic carbocycles. The van der Waals surface area contributed by atoms with E-state index in [0.717, 1.165) is 7.11 Å². The maximum absolute atomic E-state index is 11.3. The first-order chi connectivity index (χ1) is 8.19. The second kappa shape index (κ2) is 6.26. The van der Waals surface area contributed by atoms with Crippen LogP contribution in [-0.4, -0.2) is 31.2 Å². The summed E-state index contributed by atoms with van der Waals surface area (Å²) in [5, 5.41) is 7.17. The third-order valence-corrected chi connectivity index (χ3v) is 1.84. The molecule has 1 aromatic carbocycles. The van der Waals surface area contributed by atoms with Gasteiger partial charge < -0.3 is 9.53 Å². The van der Waals surface area contributed by atoms with Gasteiger partial charge in [0.25, 0.3) is 5.78 Å². The lowest BCUT2D eigenvalue weighted by Gasteiger charge is -2.00. The highest BCUT2D eigenvalue weighted by Crippen LogP contribution is 2.11. The SMILES string of the molecule is COC(=O)C(=O)C(C=O)N=Nc1ccccc1. The molecule has 1 aromatic rings. The maximum atomic E-state index is 11.3. The number of carbonyl (C=O) groups excluding carboxylic acids is 3. The van der Waals surface area contributed by atoms with Crippen LogP contribution in [0.2, 0.25) is 0 Å². The van der Waals surface area contributed by atoms with Gasteiger partial charge in [-0.25, -0.2) is 4.79 Å². The number of hydrogen-bond acceptors (Lipinski definition) is 6. The fraction of sp³-hybridized carbons (Fsp3) is 0.182. The van der Waals surface area contributed by atoms with Crippen LogP contribution >= 0.6 is 0 Å². The normalized spacial score (nSPS) is 12.1. The van der Waals surface area contributed by atoms with E-state index in [9.17, 15) is 14.4 Å². The lowest BCUT2D eigenvalue weighted by atomic mass is 10.2. The quantitative estimate of drug-likeness (QED) is 0.251. The maximum Gasteiger partial charge on any atom is 0.377 e. The fourth-order valence-corrected chi connectivity index (χ4v) is 0.986. The summed E-state index contributed by atoms with van der Waals surface area (Å²) in [5.41, 5.74) is 0.483. The number of ketones is 1. The summed E-state index contributed by atoms with van der Waals surface area (Å²) in [6.07, 6.45) is 0.242. The zero-order chi connectivity index (χ0) is 12.7. The molecule has 1 unspecified atom stereocenters. The lowest BCUT2D eigenvalue weighted by molar-refractivity contribution is -0.152. The molecule has 0 saturated carbocycles. The van der Waals surface area contributed by atoms with Crippen molar-refractivity contribution in [2.24, 2.45) is 10.2 Å². The Morgan fingerprint density at radius 2 is 1.94 bits per heavy atom. The summed E-state index contributed by atoms with van der Waals surface area (Å²) in [7, 11) is 1.05. The van der Waals surface area contributed by atoms with Crippen LogP contribution in [0.15, 0.2) is 40.6 Å². The van der Waals surface area contributed by atoms with Gasteiger partial charge >= 0.3 is 5.97 Å². The Balaban J connectivity index is 2.77. The van der Waals surface area contributed by atoms with E-state index in [1.807, 2.05) is 0 Å². The van der Waals surface area contributed by atoms with Crippen molar-refractivity contribution in [3.05, 3.63) is 30.3 Å². The van der Waals surface area contributed by atoms with Crippen molar-refractivity contribution >= 4 is 23.7 Å². The second-order valence-electron chi connectivity index (χ2n) is 2.99. The van der Waals surface area contributed by atoms with Crippen LogP contribution in [0.4, 0.5) is 5.69 Å². The molecule has 0 aromatic heterocycles. The van der Waals surface area contributed by atoms with Gasteiger partial charge in [-0.05, 0) is 12.1 Å². The van der Waals surface area contributed by atoms with Crippen molar-refractivity contribution < 1.29 is 19.1 Å². The van der Waals surface area contributed by atoms with Gasteiger partial charge in [0, 0.05) is 0 Å². The average molecular weight is 234 g/mol. The predicted molar refractivity (Wildman–Crippen MR) is 57.8 cm³/mol. The van der Waals surface area contributed by atoms with Gasteiger partial charge in [0.05, 0.1) is 12.8 Å². The molecule has 0 heterocycles. The van der Waals surface area contributed by atoms with Gasteiger partial charge in [-0.2, -0.15) is 10.2 Å². The van der Waals surface area contributed by atoms with Crippen LogP contribution in [0.3, 0.4) is 0 Å². The van der Waals surface area contributed by atoms with Crippen molar-refractivity contribution in [2.75, 3.05) is 7.11 Å². The topological polar surface area (TPSA) is 85.2 Å². The molecular weight excluding hydrogens is 224 g/mol. The van der Waals surface area contributed by atoms with E-state index in [1.165, 1.54) is 0 Å². The minimum atomic E-state index is -1.46. The third-order valence-electron chi connectivity index (χ3n) is 1.84. The molecular formula is C11H10N2O4. The van der Waals surface area contributed by atoms with Crippen LogP contribution in [0.1, 0.15) is 0 Å². The number of benzene rings is 1. The summed E-state index contributed by atoms with van der Waals surface area (Å²) in [5.74, 6) is -2.16. The van der Waals surface area contributed by atoms with E-state index >= 15 is 0 Å². The van der Waals surface area contributed by atoms with Gasteiger partial charge in [-0.15, -0.1) is 0 Å². The first-order valence-corrected chi connectivity index (χ1v) is 4.72. The zero-order valence-electron chi connectivity index (χ0n) is 9.07. The van der Waals surface area contributed by atoms with Crippen molar-refractivity contribution in [2.45, 2.75) is 6.04 Å². The van der Waals surface area contributed by atoms with E-state index < -0.39 is 17.8 Å². The highest BCUT2D eigenvalue weighted by molar-refractivity contribution is 6.38. The number of azo groups is 1. The van der Waals surface area contributed by atoms with E-state index in [0.29, 0.717) is 5.69 Å². The number of carbonyl (C=O) groups is 3. The minimum absolute atomic E-state index is 0.242. The van der Waals surface area contributed by atoms with Gasteiger partial charge in [0.15, 0.2) is 12.3 Å². The molecule has 88 valence electrons. The Hall–Kier alpha value is -2.37. The van der Waals surface area contributed by atoms with E-state index in [1.54, 1.807) is 30.3 Å². The summed E-state index contributed by atoms with van der Waals surface area (Å²) in [6.45, 7) is 0. The molecule has 6 heteroatoms. The summed E-state index contributed by atoms with van der Waals surface area (Å²) < 4.78 is 4.20. The number of hydrogen-bond donors (Lipinski definition) is 0. The molecule has 0 amide bonds. The Labute approximate surface area is 97.3 Å². The molecule has 17 heavy (non-hydrogen) atoms. The molecule has 0 spiro atoms. The molecule has 0 fully saturated rings. The zero-order valence-corrected chi connectivity index (χ0v) is 9.07. The number of ether oxygens (including phenoxy) is 1. The summed E-state index contributed by atoms with van der Waals surface area (Å²) in [4.78, 5) is 32.8. The molecule has 1 atom stereocenters. The van der Waals surface area contributed by atoms with Crippen molar-refractivity contribution in [1.82, 2.24) is 0 Å². The number of Topliss-reactive ketones (excluding diaryl/α,β-unsaturated/α-hetero) is 1. The molecule has 0 aliphatic heterocycles. The van der Waals surface area contributed by atoms with Gasteiger partial charge in [0.2, 0.25) is 0 Å². The van der Waals surface area contributed by atoms with Crippen molar-refractivity contribution in [3.63, 3.8) is 0 Å². The average Bonchev–Trinajstić information content (AvgIpc) is 2.39. The number of aldehydes is 1. The van der Waals surface area contributed by atoms with Gasteiger partial charge in [-0.3, -0.25) is 4.79 Å². The summed E-state index contributed by atoms with van der Waals surface area (Å²) >= 11 is 0. The van der Waals surface area contributed by atoms with Crippen LogP contribution in [0.5, 0.6) is 0 Å². The molecule has 6 nitrogen and oxygen atoms in total. The first kappa shape index (κ1) is 12.7. The van der Waals surface area contributed by atoms with Crippen LogP contribution < -0.4 is 0 Å². The van der Waals surface area contributed by atoms with Gasteiger partial charge in [-0.1, -0.05) is 18.2 Å². The van der Waals surface area contributed by atoms with E-state index in [2.05, 4.69) is 15.0 Å². The Kier molecular flexibility index (Phi) is 4.68. The standard InChI is InChI=1S/C11H10N2O4/c1-17-11(16)10(15)9(7-14)13-12-8-5-3-2-4-6-8/h2-7,9H,1H3.